The molecular formula is C26H25ClN4O5S. The van der Waals surface area contributed by atoms with Crippen molar-refractivity contribution in [3.05, 3.63) is 94.7 Å². The zero-order valence-corrected chi connectivity index (χ0v) is 21.9. The van der Waals surface area contributed by atoms with Crippen LogP contribution in [0.4, 0.5) is 11.6 Å². The number of hydrogen-bond acceptors (Lipinski definition) is 7. The molecule has 0 atom stereocenters. The molecule has 0 aliphatic rings. The Morgan fingerprint density at radius 3 is 2.46 bits per heavy atom. The molecule has 0 aliphatic heterocycles. The summed E-state index contributed by atoms with van der Waals surface area (Å²) in [6, 6.07) is 14.3. The molecule has 0 spiro atoms. The van der Waals surface area contributed by atoms with Crippen LogP contribution in [0, 0.1) is 6.92 Å². The molecular weight excluding hydrogens is 516 g/mol. The van der Waals surface area contributed by atoms with Gasteiger partial charge < -0.3 is 14.5 Å². The minimum atomic E-state index is -3.88. The van der Waals surface area contributed by atoms with Crippen LogP contribution in [-0.2, 0) is 16.6 Å². The van der Waals surface area contributed by atoms with Crippen molar-refractivity contribution in [2.45, 2.75) is 38.2 Å². The zero-order chi connectivity index (χ0) is 26.6. The molecule has 37 heavy (non-hydrogen) atoms. The van der Waals surface area contributed by atoms with Gasteiger partial charge in [-0.05, 0) is 78.6 Å². The summed E-state index contributed by atoms with van der Waals surface area (Å²) in [7, 11) is -3.88. The fraction of sp³-hybridized carbons (Fsp3) is 0.192. The molecule has 2 aromatic heterocycles. The number of aromatic nitrogens is 2. The summed E-state index contributed by atoms with van der Waals surface area (Å²) in [6.07, 6.45) is 2.86. The van der Waals surface area contributed by atoms with Crippen molar-refractivity contribution in [2.75, 3.05) is 10.0 Å². The molecule has 192 valence electrons. The number of benzene rings is 2. The maximum atomic E-state index is 12.6. The summed E-state index contributed by atoms with van der Waals surface area (Å²) in [5.74, 6) is 0.974. The van der Waals surface area contributed by atoms with Gasteiger partial charge in [0.05, 0.1) is 4.90 Å². The molecule has 0 aliphatic carbocycles. The molecule has 11 heteroatoms. The van der Waals surface area contributed by atoms with Gasteiger partial charge in [-0.25, -0.2) is 23.1 Å². The van der Waals surface area contributed by atoms with E-state index in [0.29, 0.717) is 22.2 Å². The van der Waals surface area contributed by atoms with E-state index in [9.17, 15) is 13.2 Å². The number of anilines is 2. The summed E-state index contributed by atoms with van der Waals surface area (Å²) in [5.41, 5.74) is 2.29. The Bertz CT molecular complexity index is 1500. The Hall–Kier alpha value is -3.89. The third-order valence-electron chi connectivity index (χ3n) is 5.38. The molecule has 2 aromatic carbocycles. The highest BCUT2D eigenvalue weighted by atomic mass is 35.5. The van der Waals surface area contributed by atoms with Crippen LogP contribution in [0.5, 0.6) is 5.75 Å². The number of rotatable bonds is 9. The summed E-state index contributed by atoms with van der Waals surface area (Å²) >= 11 is 6.26. The van der Waals surface area contributed by atoms with Crippen LogP contribution in [0.3, 0.4) is 0 Å². The molecule has 2 N–H and O–H groups in total. The van der Waals surface area contributed by atoms with Gasteiger partial charge in [0.2, 0.25) is 5.95 Å². The standard InChI is InChI=1S/C26H25ClN4O5S/c1-16(2)21-14-22(27)17(3)13-24(21)35-15-19-7-10-23(36-19)25(32)30-18-5-8-20(9-6-18)37(33,34)31-26-28-11-4-12-29-26/h4-14,16H,15H2,1-3H3,(H,30,32)(H,28,29,31). The number of aryl methyl sites for hydroxylation is 1. The Morgan fingerprint density at radius 2 is 1.78 bits per heavy atom. The van der Waals surface area contributed by atoms with Gasteiger partial charge in [0.1, 0.15) is 18.1 Å². The van der Waals surface area contributed by atoms with Gasteiger partial charge in [-0.1, -0.05) is 25.4 Å². The predicted molar refractivity (Wildman–Crippen MR) is 141 cm³/mol. The van der Waals surface area contributed by atoms with Gasteiger partial charge in [0.25, 0.3) is 15.9 Å². The van der Waals surface area contributed by atoms with Gasteiger partial charge in [-0.15, -0.1) is 0 Å². The van der Waals surface area contributed by atoms with Crippen LogP contribution in [0.2, 0.25) is 5.02 Å². The maximum absolute atomic E-state index is 12.6. The lowest BCUT2D eigenvalue weighted by molar-refractivity contribution is 0.0992. The molecule has 4 aromatic rings. The highest BCUT2D eigenvalue weighted by Crippen LogP contribution is 2.32. The van der Waals surface area contributed by atoms with E-state index in [1.807, 2.05) is 19.1 Å². The lowest BCUT2D eigenvalue weighted by atomic mass is 10.0. The summed E-state index contributed by atoms with van der Waals surface area (Å²) in [5, 5.41) is 3.36. The Kier molecular flexibility index (Phi) is 7.80. The van der Waals surface area contributed by atoms with Gasteiger partial charge >= 0.3 is 0 Å². The number of hydrogen-bond donors (Lipinski definition) is 2. The number of amides is 1. The van der Waals surface area contributed by atoms with Crippen LogP contribution in [-0.4, -0.2) is 24.3 Å². The van der Waals surface area contributed by atoms with Crippen LogP contribution in [0.1, 0.15) is 47.2 Å². The van der Waals surface area contributed by atoms with Crippen molar-refractivity contribution in [3.63, 3.8) is 0 Å². The number of carbonyl (C=O) groups is 1. The Labute approximate surface area is 219 Å². The summed E-state index contributed by atoms with van der Waals surface area (Å²) in [4.78, 5) is 20.3. The lowest BCUT2D eigenvalue weighted by Crippen LogP contribution is -2.15. The number of ether oxygens (including phenoxy) is 1. The SMILES string of the molecule is Cc1cc(OCc2ccc(C(=O)Nc3ccc(S(=O)(=O)Nc4ncccn4)cc3)o2)c(C(C)C)cc1Cl. The topological polar surface area (TPSA) is 123 Å². The molecule has 0 saturated heterocycles. The Morgan fingerprint density at radius 1 is 1.08 bits per heavy atom. The number of nitrogens with zero attached hydrogens (tertiary/aromatic N) is 2. The largest absolute Gasteiger partial charge is 0.485 e. The van der Waals surface area contributed by atoms with Crippen LogP contribution in [0.25, 0.3) is 0 Å². The quantitative estimate of drug-likeness (QED) is 0.275. The van der Waals surface area contributed by atoms with Gasteiger partial charge in [0, 0.05) is 23.1 Å². The van der Waals surface area contributed by atoms with E-state index < -0.39 is 15.9 Å². The fourth-order valence-corrected chi connectivity index (χ4v) is 4.54. The number of carbonyl (C=O) groups excluding carboxylic acids is 1. The van der Waals surface area contributed by atoms with E-state index in [1.165, 1.54) is 36.7 Å². The second kappa shape index (κ2) is 11.0. The molecule has 1 amide bonds. The van der Waals surface area contributed by atoms with Crippen molar-refractivity contribution in [2.24, 2.45) is 0 Å². The van der Waals surface area contributed by atoms with E-state index in [2.05, 4.69) is 33.9 Å². The van der Waals surface area contributed by atoms with Crippen LogP contribution in [0.15, 0.2) is 76.3 Å². The first-order chi connectivity index (χ1) is 17.6. The average molecular weight is 541 g/mol. The number of nitrogens with one attached hydrogen (secondary N) is 2. The van der Waals surface area contributed by atoms with Crippen molar-refractivity contribution >= 4 is 39.2 Å². The molecule has 0 bridgehead atoms. The highest BCUT2D eigenvalue weighted by Gasteiger charge is 2.17. The summed E-state index contributed by atoms with van der Waals surface area (Å²) in [6.45, 7) is 6.16. The minimum Gasteiger partial charge on any atom is -0.485 e. The highest BCUT2D eigenvalue weighted by molar-refractivity contribution is 7.92. The van der Waals surface area contributed by atoms with E-state index >= 15 is 0 Å². The zero-order valence-electron chi connectivity index (χ0n) is 20.4. The van der Waals surface area contributed by atoms with E-state index in [1.54, 1.807) is 18.2 Å². The lowest BCUT2D eigenvalue weighted by Gasteiger charge is -2.15. The van der Waals surface area contributed by atoms with E-state index in [4.69, 9.17) is 20.8 Å². The molecule has 0 unspecified atom stereocenters. The first kappa shape index (κ1) is 26.2. The fourth-order valence-electron chi connectivity index (χ4n) is 3.41. The third-order valence-corrected chi connectivity index (χ3v) is 7.13. The normalized spacial score (nSPS) is 11.4. The van der Waals surface area contributed by atoms with E-state index in [0.717, 1.165) is 11.1 Å². The first-order valence-electron chi connectivity index (χ1n) is 11.3. The van der Waals surface area contributed by atoms with Gasteiger partial charge in [0.15, 0.2) is 5.76 Å². The summed E-state index contributed by atoms with van der Waals surface area (Å²) < 4.78 is 38.9. The molecule has 2 heterocycles. The third kappa shape index (κ3) is 6.46. The van der Waals surface area contributed by atoms with Crippen LogP contribution >= 0.6 is 11.6 Å². The molecule has 4 rings (SSSR count). The second-order valence-corrected chi connectivity index (χ2v) is 10.6. The minimum absolute atomic E-state index is 0.00594. The van der Waals surface area contributed by atoms with Crippen molar-refractivity contribution in [1.29, 1.82) is 0 Å². The molecule has 0 fully saturated rings. The first-order valence-corrected chi connectivity index (χ1v) is 13.2. The molecule has 9 nitrogen and oxygen atoms in total. The monoisotopic (exact) mass is 540 g/mol. The average Bonchev–Trinajstić information content (AvgIpc) is 3.34. The van der Waals surface area contributed by atoms with Crippen molar-refractivity contribution in [1.82, 2.24) is 9.97 Å². The number of halogens is 1. The Balaban J connectivity index is 1.38. The maximum Gasteiger partial charge on any atom is 0.291 e. The molecule has 0 saturated carbocycles. The second-order valence-electron chi connectivity index (χ2n) is 8.50. The van der Waals surface area contributed by atoms with Crippen molar-refractivity contribution < 1.29 is 22.4 Å². The van der Waals surface area contributed by atoms with Gasteiger partial charge in [-0.2, -0.15) is 0 Å². The number of furan rings is 1. The molecule has 0 radical (unpaired) electrons. The van der Waals surface area contributed by atoms with Crippen LogP contribution < -0.4 is 14.8 Å². The number of sulfonamides is 1. The van der Waals surface area contributed by atoms with Gasteiger partial charge in [-0.3, -0.25) is 4.79 Å². The smallest absolute Gasteiger partial charge is 0.291 e. The van der Waals surface area contributed by atoms with E-state index in [-0.39, 0.29) is 29.1 Å². The van der Waals surface area contributed by atoms with Crippen molar-refractivity contribution in [3.8, 4) is 5.75 Å². The predicted octanol–water partition coefficient (Wildman–Crippen LogP) is 5.79.